The van der Waals surface area contributed by atoms with E-state index in [1.54, 1.807) is 26.8 Å². The number of hydrogen-bond acceptors (Lipinski definition) is 2. The summed E-state index contributed by atoms with van der Waals surface area (Å²) < 4.78 is 18.8. The summed E-state index contributed by atoms with van der Waals surface area (Å²) in [5.74, 6) is -0.542. The second-order valence-corrected chi connectivity index (χ2v) is 5.89. The van der Waals surface area contributed by atoms with Crippen molar-refractivity contribution in [3.8, 4) is 0 Å². The van der Waals surface area contributed by atoms with Gasteiger partial charge in [-0.25, -0.2) is 9.18 Å². The summed E-state index contributed by atoms with van der Waals surface area (Å²) in [5, 5.41) is 2.57. The highest BCUT2D eigenvalue weighted by molar-refractivity contribution is 9.10. The molecule has 0 aliphatic heterocycles. The molecular formula is C12H14BrClFNO2. The molecule has 0 unspecified atom stereocenters. The monoisotopic (exact) mass is 337 g/mol. The number of carbonyl (C=O) groups excluding carboxylic acids is 1. The van der Waals surface area contributed by atoms with E-state index >= 15 is 0 Å². The van der Waals surface area contributed by atoms with Crippen LogP contribution in [0.5, 0.6) is 0 Å². The molecule has 0 heterocycles. The first kappa shape index (κ1) is 15.2. The minimum atomic E-state index is -0.563. The maximum atomic E-state index is 13.5. The molecule has 0 bridgehead atoms. The summed E-state index contributed by atoms with van der Waals surface area (Å²) in [5.41, 5.74) is 0.0230. The van der Waals surface area contributed by atoms with Crippen LogP contribution in [0.15, 0.2) is 16.6 Å². The van der Waals surface area contributed by atoms with Gasteiger partial charge in [-0.2, -0.15) is 0 Å². The molecule has 0 radical (unpaired) electrons. The molecule has 100 valence electrons. The number of nitrogens with one attached hydrogen (secondary N) is 1. The molecule has 0 spiro atoms. The Morgan fingerprint density at radius 2 is 2.11 bits per heavy atom. The average molecular weight is 339 g/mol. The molecule has 1 N–H and O–H groups in total. The Hall–Kier alpha value is -0.810. The van der Waals surface area contributed by atoms with Crippen LogP contribution in [0.25, 0.3) is 0 Å². The summed E-state index contributed by atoms with van der Waals surface area (Å²) >= 11 is 8.71. The number of rotatable bonds is 2. The number of halogens is 3. The number of carbonyl (C=O) groups is 1. The second-order valence-electron chi connectivity index (χ2n) is 4.69. The molecule has 0 saturated carbocycles. The van der Waals surface area contributed by atoms with Gasteiger partial charge in [-0.05, 0) is 48.3 Å². The van der Waals surface area contributed by atoms with E-state index in [0.717, 1.165) is 0 Å². The molecule has 1 aromatic carbocycles. The fourth-order valence-electron chi connectivity index (χ4n) is 1.18. The molecule has 0 saturated heterocycles. The predicted molar refractivity (Wildman–Crippen MR) is 72.2 cm³/mol. The Balaban J connectivity index is 2.65. The summed E-state index contributed by atoms with van der Waals surface area (Å²) in [7, 11) is 0. The van der Waals surface area contributed by atoms with Gasteiger partial charge in [0.15, 0.2) is 5.82 Å². The molecule has 3 nitrogen and oxygen atoms in total. The SMILES string of the molecule is CC(C)(C)OC(=O)NCc1ccc(Cl)c(F)c1Br. The van der Waals surface area contributed by atoms with Crippen molar-refractivity contribution < 1.29 is 13.9 Å². The molecule has 1 rings (SSSR count). The van der Waals surface area contributed by atoms with Crippen LogP contribution in [-0.2, 0) is 11.3 Å². The van der Waals surface area contributed by atoms with Crippen molar-refractivity contribution in [3.63, 3.8) is 0 Å². The van der Waals surface area contributed by atoms with Gasteiger partial charge in [0.25, 0.3) is 0 Å². The number of amides is 1. The smallest absolute Gasteiger partial charge is 0.407 e. The van der Waals surface area contributed by atoms with Gasteiger partial charge in [-0.15, -0.1) is 0 Å². The zero-order valence-electron chi connectivity index (χ0n) is 10.3. The largest absolute Gasteiger partial charge is 0.444 e. The molecule has 0 aliphatic carbocycles. The molecular weight excluding hydrogens is 324 g/mol. The minimum Gasteiger partial charge on any atom is -0.444 e. The lowest BCUT2D eigenvalue weighted by Gasteiger charge is -2.19. The Bertz CT molecular complexity index is 460. The molecule has 18 heavy (non-hydrogen) atoms. The van der Waals surface area contributed by atoms with E-state index in [1.807, 2.05) is 0 Å². The Morgan fingerprint density at radius 3 is 2.67 bits per heavy atom. The fraction of sp³-hybridized carbons (Fsp3) is 0.417. The lowest BCUT2D eigenvalue weighted by atomic mass is 10.2. The Morgan fingerprint density at radius 1 is 1.50 bits per heavy atom. The highest BCUT2D eigenvalue weighted by Gasteiger charge is 2.16. The third kappa shape index (κ3) is 4.46. The van der Waals surface area contributed by atoms with E-state index in [2.05, 4.69) is 21.2 Å². The van der Waals surface area contributed by atoms with Crippen molar-refractivity contribution in [1.82, 2.24) is 5.32 Å². The van der Waals surface area contributed by atoms with Crippen molar-refractivity contribution >= 4 is 33.6 Å². The Kier molecular flexibility index (Phi) is 4.99. The molecule has 0 atom stereocenters. The van der Waals surface area contributed by atoms with Gasteiger partial charge in [-0.1, -0.05) is 17.7 Å². The average Bonchev–Trinajstić information content (AvgIpc) is 2.22. The van der Waals surface area contributed by atoms with E-state index in [1.165, 1.54) is 6.07 Å². The number of hydrogen-bond donors (Lipinski definition) is 1. The van der Waals surface area contributed by atoms with Gasteiger partial charge >= 0.3 is 6.09 Å². The lowest BCUT2D eigenvalue weighted by Crippen LogP contribution is -2.32. The highest BCUT2D eigenvalue weighted by Crippen LogP contribution is 2.26. The maximum absolute atomic E-state index is 13.5. The fourth-order valence-corrected chi connectivity index (χ4v) is 1.94. The Labute approximate surface area is 119 Å². The molecule has 1 aromatic rings. The first-order valence-corrected chi connectivity index (χ1v) is 6.47. The number of benzene rings is 1. The maximum Gasteiger partial charge on any atom is 0.407 e. The highest BCUT2D eigenvalue weighted by atomic mass is 79.9. The lowest BCUT2D eigenvalue weighted by molar-refractivity contribution is 0.0523. The molecule has 0 aromatic heterocycles. The zero-order chi connectivity index (χ0) is 13.9. The van der Waals surface area contributed by atoms with Crippen LogP contribution >= 0.6 is 27.5 Å². The van der Waals surface area contributed by atoms with Gasteiger partial charge in [-0.3, -0.25) is 0 Å². The van der Waals surface area contributed by atoms with Crippen molar-refractivity contribution in [2.24, 2.45) is 0 Å². The van der Waals surface area contributed by atoms with E-state index in [4.69, 9.17) is 16.3 Å². The molecule has 6 heteroatoms. The van der Waals surface area contributed by atoms with Gasteiger partial charge in [0.1, 0.15) is 5.60 Å². The quantitative estimate of drug-likeness (QED) is 0.818. The first-order valence-electron chi connectivity index (χ1n) is 5.30. The second kappa shape index (κ2) is 5.89. The van der Waals surface area contributed by atoms with E-state index in [-0.39, 0.29) is 16.0 Å². The normalized spacial score (nSPS) is 11.2. The summed E-state index contributed by atoms with van der Waals surface area (Å²) in [6.45, 7) is 5.46. The predicted octanol–water partition coefficient (Wildman–Crippen LogP) is 4.27. The first-order chi connectivity index (χ1) is 8.20. The molecule has 1 amide bonds. The van der Waals surface area contributed by atoms with Crippen molar-refractivity contribution in [2.75, 3.05) is 0 Å². The van der Waals surface area contributed by atoms with Crippen LogP contribution in [0.3, 0.4) is 0 Å². The zero-order valence-corrected chi connectivity index (χ0v) is 12.7. The third-order valence-corrected chi connectivity index (χ3v) is 3.09. The minimum absolute atomic E-state index is 0.0305. The van der Waals surface area contributed by atoms with Crippen LogP contribution in [-0.4, -0.2) is 11.7 Å². The van der Waals surface area contributed by atoms with E-state index < -0.39 is 17.5 Å². The standard InChI is InChI=1S/C12H14BrClFNO2/c1-12(2,3)18-11(17)16-6-7-4-5-8(14)10(15)9(7)13/h4-5H,6H2,1-3H3,(H,16,17). The summed E-state index contributed by atoms with van der Waals surface area (Å²) in [4.78, 5) is 11.4. The number of ether oxygens (including phenoxy) is 1. The summed E-state index contributed by atoms with van der Waals surface area (Å²) in [6.07, 6.45) is -0.551. The van der Waals surface area contributed by atoms with Crippen molar-refractivity contribution in [1.29, 1.82) is 0 Å². The number of alkyl carbamates (subject to hydrolysis) is 1. The van der Waals surface area contributed by atoms with Crippen LogP contribution < -0.4 is 5.32 Å². The van der Waals surface area contributed by atoms with Crippen LogP contribution in [0.1, 0.15) is 26.3 Å². The summed E-state index contributed by atoms with van der Waals surface area (Å²) in [6, 6.07) is 3.07. The van der Waals surface area contributed by atoms with Crippen LogP contribution in [0, 0.1) is 5.82 Å². The van der Waals surface area contributed by atoms with Gasteiger partial charge in [0, 0.05) is 6.54 Å². The van der Waals surface area contributed by atoms with E-state index in [0.29, 0.717) is 5.56 Å². The molecule has 0 fully saturated rings. The molecule has 0 aliphatic rings. The van der Waals surface area contributed by atoms with E-state index in [9.17, 15) is 9.18 Å². The van der Waals surface area contributed by atoms with Crippen LogP contribution in [0.4, 0.5) is 9.18 Å². The third-order valence-electron chi connectivity index (χ3n) is 1.94. The topological polar surface area (TPSA) is 38.3 Å². The van der Waals surface area contributed by atoms with Crippen molar-refractivity contribution in [2.45, 2.75) is 32.9 Å². The van der Waals surface area contributed by atoms with Gasteiger partial charge in [0.05, 0.1) is 9.50 Å². The van der Waals surface area contributed by atoms with Crippen molar-refractivity contribution in [3.05, 3.63) is 33.0 Å². The van der Waals surface area contributed by atoms with Crippen LogP contribution in [0.2, 0.25) is 5.02 Å². The van der Waals surface area contributed by atoms with Gasteiger partial charge < -0.3 is 10.1 Å². The van der Waals surface area contributed by atoms with Gasteiger partial charge in [0.2, 0.25) is 0 Å².